The maximum atomic E-state index is 13.1. The molecule has 0 aromatic heterocycles. The average molecular weight is 403 g/mol. The van der Waals surface area contributed by atoms with Gasteiger partial charge in [0.25, 0.3) is 0 Å². The summed E-state index contributed by atoms with van der Waals surface area (Å²) in [6.07, 6.45) is 5.13. The van der Waals surface area contributed by atoms with Gasteiger partial charge in [-0.25, -0.2) is 0 Å². The Morgan fingerprint density at radius 3 is 2.44 bits per heavy atom. The second-order valence-corrected chi connectivity index (χ2v) is 7.91. The number of carbonyl (C=O) groups is 3. The monoisotopic (exact) mass is 402 g/mol. The van der Waals surface area contributed by atoms with Gasteiger partial charge in [0.1, 0.15) is 0 Å². The number of hydrogen-bond acceptors (Lipinski definition) is 3. The van der Waals surface area contributed by atoms with Gasteiger partial charge in [0.15, 0.2) is 0 Å². The molecule has 3 aliphatic rings. The maximum Gasteiger partial charge on any atom is 0.234 e. The Labute approximate surface area is 154 Å². The second kappa shape index (κ2) is 6.09. The number of allylic oxidation sites excluding steroid dienone is 2. The van der Waals surface area contributed by atoms with Gasteiger partial charge in [-0.3, -0.25) is 19.3 Å². The number of carbonyl (C=O) groups excluding carboxylic acids is 3. The van der Waals surface area contributed by atoms with Crippen LogP contribution < -0.4 is 5.32 Å². The fourth-order valence-corrected chi connectivity index (χ4v) is 5.00. The highest BCUT2D eigenvalue weighted by molar-refractivity contribution is 9.10. The van der Waals surface area contributed by atoms with E-state index in [1.807, 2.05) is 24.3 Å². The minimum absolute atomic E-state index is 0.0760. The van der Waals surface area contributed by atoms with E-state index in [1.54, 1.807) is 7.05 Å². The first kappa shape index (κ1) is 16.5. The molecule has 25 heavy (non-hydrogen) atoms. The number of likely N-dealkylation sites (tertiary alicyclic amines) is 1. The summed E-state index contributed by atoms with van der Waals surface area (Å²) >= 11 is 3.43. The average Bonchev–Trinajstić information content (AvgIpc) is 3.27. The Morgan fingerprint density at radius 1 is 1.24 bits per heavy atom. The molecule has 5 atom stereocenters. The first-order valence-electron chi connectivity index (χ1n) is 8.52. The van der Waals surface area contributed by atoms with E-state index in [0.717, 1.165) is 16.5 Å². The molecule has 1 heterocycles. The Balaban J connectivity index is 1.71. The first-order valence-corrected chi connectivity index (χ1v) is 9.32. The molecule has 1 aromatic rings. The van der Waals surface area contributed by atoms with Crippen LogP contribution in [0.25, 0.3) is 0 Å². The molecule has 2 fully saturated rings. The van der Waals surface area contributed by atoms with E-state index in [0.29, 0.717) is 0 Å². The molecular formula is C19H19BrN2O3. The summed E-state index contributed by atoms with van der Waals surface area (Å²) in [4.78, 5) is 39.6. The fourth-order valence-electron chi connectivity index (χ4n) is 4.58. The molecule has 1 aromatic carbocycles. The van der Waals surface area contributed by atoms with Crippen molar-refractivity contribution in [1.29, 1.82) is 0 Å². The lowest BCUT2D eigenvalue weighted by Gasteiger charge is -2.28. The van der Waals surface area contributed by atoms with Crippen LogP contribution in [0.1, 0.15) is 24.4 Å². The zero-order valence-electron chi connectivity index (χ0n) is 13.8. The number of fused-ring (bicyclic) bond motifs is 5. The van der Waals surface area contributed by atoms with Crippen molar-refractivity contribution in [3.05, 3.63) is 46.5 Å². The zero-order chi connectivity index (χ0) is 17.7. The van der Waals surface area contributed by atoms with Gasteiger partial charge in [0, 0.05) is 11.5 Å². The van der Waals surface area contributed by atoms with Gasteiger partial charge in [-0.15, -0.1) is 0 Å². The number of amides is 3. The van der Waals surface area contributed by atoms with Crippen LogP contribution in [0.2, 0.25) is 0 Å². The number of nitrogens with one attached hydrogen (secondary N) is 1. The number of rotatable bonds is 4. The van der Waals surface area contributed by atoms with E-state index < -0.39 is 6.04 Å². The lowest BCUT2D eigenvalue weighted by atomic mass is 9.85. The summed E-state index contributed by atoms with van der Waals surface area (Å²) in [5.74, 6) is -0.604. The lowest BCUT2D eigenvalue weighted by Crippen LogP contribution is -2.39. The van der Waals surface area contributed by atoms with Crippen LogP contribution in [0.15, 0.2) is 40.9 Å². The van der Waals surface area contributed by atoms with Crippen molar-refractivity contribution < 1.29 is 14.4 Å². The number of imide groups is 1. The van der Waals surface area contributed by atoms with Crippen molar-refractivity contribution in [3.63, 3.8) is 0 Å². The molecule has 130 valence electrons. The highest BCUT2D eigenvalue weighted by atomic mass is 79.9. The molecule has 0 radical (unpaired) electrons. The van der Waals surface area contributed by atoms with Gasteiger partial charge in [-0.05, 0) is 36.0 Å². The maximum absolute atomic E-state index is 13.1. The molecule has 0 spiro atoms. The van der Waals surface area contributed by atoms with Crippen molar-refractivity contribution in [3.8, 4) is 0 Å². The van der Waals surface area contributed by atoms with Gasteiger partial charge in [-0.2, -0.15) is 0 Å². The van der Waals surface area contributed by atoms with E-state index in [2.05, 4.69) is 33.4 Å². The van der Waals surface area contributed by atoms with Crippen LogP contribution in [0.3, 0.4) is 0 Å². The Morgan fingerprint density at radius 2 is 1.88 bits per heavy atom. The van der Waals surface area contributed by atoms with Crippen LogP contribution in [-0.2, 0) is 14.4 Å². The largest absolute Gasteiger partial charge is 0.359 e. The topological polar surface area (TPSA) is 66.5 Å². The summed E-state index contributed by atoms with van der Waals surface area (Å²) in [6.45, 7) is 0. The van der Waals surface area contributed by atoms with E-state index in [-0.39, 0.29) is 47.8 Å². The van der Waals surface area contributed by atoms with Crippen molar-refractivity contribution in [1.82, 2.24) is 10.2 Å². The lowest BCUT2D eigenvalue weighted by molar-refractivity contribution is -0.144. The zero-order valence-corrected chi connectivity index (χ0v) is 15.4. The Bertz CT molecular complexity index is 761. The third-order valence-corrected chi connectivity index (χ3v) is 6.20. The third-order valence-electron chi connectivity index (χ3n) is 5.71. The Kier molecular flexibility index (Phi) is 4.02. The predicted molar refractivity (Wildman–Crippen MR) is 95.1 cm³/mol. The number of benzene rings is 1. The van der Waals surface area contributed by atoms with Crippen molar-refractivity contribution in [2.75, 3.05) is 7.05 Å². The van der Waals surface area contributed by atoms with Gasteiger partial charge < -0.3 is 5.32 Å². The number of nitrogens with zero attached hydrogens (tertiary/aromatic N) is 1. The molecule has 3 amide bonds. The predicted octanol–water partition coefficient (Wildman–Crippen LogP) is 2.43. The molecule has 1 N–H and O–H groups in total. The van der Waals surface area contributed by atoms with Gasteiger partial charge in [0.05, 0.1) is 24.3 Å². The van der Waals surface area contributed by atoms with E-state index >= 15 is 0 Å². The van der Waals surface area contributed by atoms with E-state index in [9.17, 15) is 14.4 Å². The summed E-state index contributed by atoms with van der Waals surface area (Å²) < 4.78 is 0.855. The fraction of sp³-hybridized carbons (Fsp3) is 0.421. The van der Waals surface area contributed by atoms with Crippen molar-refractivity contribution in [2.45, 2.75) is 18.9 Å². The van der Waals surface area contributed by atoms with Gasteiger partial charge in [-0.1, -0.05) is 40.2 Å². The molecule has 5 unspecified atom stereocenters. The normalized spacial score (nSPS) is 30.7. The quantitative estimate of drug-likeness (QED) is 0.621. The highest BCUT2D eigenvalue weighted by Gasteiger charge is 2.60. The standard InChI is InChI=1S/C19H19BrN2O3/c1-21-15(23)9-14(10-3-2-4-13(20)8-10)22-18(24)16-11-5-6-12(7-11)17(16)19(22)25/h2-6,8,11-12,14,16-17H,7,9H2,1H3,(H,21,23). The van der Waals surface area contributed by atoms with Crippen LogP contribution in [0.4, 0.5) is 0 Å². The molecule has 5 nitrogen and oxygen atoms in total. The first-order chi connectivity index (χ1) is 12.0. The van der Waals surface area contributed by atoms with Crippen LogP contribution in [-0.4, -0.2) is 29.7 Å². The molecular weight excluding hydrogens is 384 g/mol. The number of hydrogen-bond donors (Lipinski definition) is 1. The van der Waals surface area contributed by atoms with Crippen molar-refractivity contribution in [2.24, 2.45) is 23.7 Å². The molecule has 2 bridgehead atoms. The summed E-state index contributed by atoms with van der Waals surface area (Å²) in [6, 6.07) is 6.90. The van der Waals surface area contributed by atoms with Gasteiger partial charge >= 0.3 is 0 Å². The molecule has 1 saturated heterocycles. The van der Waals surface area contributed by atoms with E-state index in [4.69, 9.17) is 0 Å². The van der Waals surface area contributed by atoms with Crippen molar-refractivity contribution >= 4 is 33.7 Å². The molecule has 6 heteroatoms. The highest BCUT2D eigenvalue weighted by Crippen LogP contribution is 2.54. The van der Waals surface area contributed by atoms with E-state index in [1.165, 1.54) is 4.90 Å². The smallest absolute Gasteiger partial charge is 0.234 e. The van der Waals surface area contributed by atoms with Crippen LogP contribution in [0.5, 0.6) is 0 Å². The molecule has 1 aliphatic heterocycles. The van der Waals surface area contributed by atoms with Gasteiger partial charge in [0.2, 0.25) is 17.7 Å². The number of halogens is 1. The minimum Gasteiger partial charge on any atom is -0.359 e. The van der Waals surface area contributed by atoms with Crippen LogP contribution >= 0.6 is 15.9 Å². The molecule has 2 aliphatic carbocycles. The summed E-state index contributed by atoms with van der Waals surface area (Å²) in [7, 11) is 1.56. The van der Waals surface area contributed by atoms with Crippen LogP contribution in [0, 0.1) is 23.7 Å². The summed E-state index contributed by atoms with van der Waals surface area (Å²) in [5, 5.41) is 2.60. The molecule has 1 saturated carbocycles. The third kappa shape index (κ3) is 2.54. The molecule has 4 rings (SSSR count). The minimum atomic E-state index is -0.567. The summed E-state index contributed by atoms with van der Waals surface area (Å²) in [5.41, 5.74) is 0.792. The SMILES string of the molecule is CNC(=O)CC(c1cccc(Br)c1)N1C(=O)C2C3C=CC(C3)C2C1=O. The Hall–Kier alpha value is -1.95. The second-order valence-electron chi connectivity index (χ2n) is 6.99.